The number of carboxylic acid groups (broad SMARTS) is 1. The van der Waals surface area contributed by atoms with Crippen LogP contribution in [0.3, 0.4) is 0 Å². The maximum absolute atomic E-state index is 12.8. The van der Waals surface area contributed by atoms with Crippen molar-refractivity contribution in [1.29, 1.82) is 0 Å². The fraction of sp³-hybridized carbons (Fsp3) is 0.807. The van der Waals surface area contributed by atoms with Crippen molar-refractivity contribution < 1.29 is 42.9 Å². The third-order valence-electron chi connectivity index (χ3n) is 11.8. The van der Waals surface area contributed by atoms with Crippen LogP contribution in [0.4, 0.5) is 0 Å². The average Bonchev–Trinajstić information content (AvgIpc) is 3.28. The van der Waals surface area contributed by atoms with E-state index < -0.39 is 24.3 Å². The molecule has 0 heterocycles. The highest BCUT2D eigenvalue weighted by Gasteiger charge is 2.25. The molecule has 1 N–H and O–H groups in total. The second kappa shape index (κ2) is 48.7. The predicted molar refractivity (Wildman–Crippen MR) is 277 cm³/mol. The molecule has 0 saturated carbocycles. The minimum absolute atomic E-state index is 0.183. The topological polar surface area (TPSA) is 108 Å². The van der Waals surface area contributed by atoms with E-state index in [9.17, 15) is 19.5 Å². The molecule has 2 atom stereocenters. The van der Waals surface area contributed by atoms with Gasteiger partial charge in [-0.3, -0.25) is 9.59 Å². The Morgan fingerprint density at radius 2 is 0.864 bits per heavy atom. The Kier molecular flexibility index (Phi) is 46.7. The summed E-state index contributed by atoms with van der Waals surface area (Å²) in [5.41, 5.74) is 0. The smallest absolute Gasteiger partial charge is 0.361 e. The Labute approximate surface area is 406 Å². The molecular weight excluding hydrogens is 827 g/mol. The number of carboxylic acids is 1. The molecule has 0 radical (unpaired) electrons. The summed E-state index contributed by atoms with van der Waals surface area (Å²) in [5, 5.41) is 9.69. The molecule has 0 amide bonds. The maximum atomic E-state index is 12.8. The number of hydrogen-bond acceptors (Lipinski definition) is 7. The van der Waals surface area contributed by atoms with Crippen LogP contribution in [0, 0.1) is 0 Å². The molecule has 9 heteroatoms. The van der Waals surface area contributed by atoms with E-state index in [2.05, 4.69) is 62.5 Å². The number of aliphatic carboxylic acids is 1. The molecule has 0 aromatic heterocycles. The first kappa shape index (κ1) is 63.2. The first-order chi connectivity index (χ1) is 32.1. The monoisotopic (exact) mass is 931 g/mol. The summed E-state index contributed by atoms with van der Waals surface area (Å²) in [6, 6.07) is 0. The molecule has 0 aromatic rings. The molecule has 9 nitrogen and oxygen atoms in total. The van der Waals surface area contributed by atoms with Gasteiger partial charge in [0, 0.05) is 12.8 Å². The molecule has 0 saturated heterocycles. The minimum atomic E-state index is -1.51. The molecule has 0 fully saturated rings. The van der Waals surface area contributed by atoms with Crippen molar-refractivity contribution in [3.8, 4) is 0 Å². The molecule has 0 aliphatic rings. The van der Waals surface area contributed by atoms with Gasteiger partial charge in [0.1, 0.15) is 13.2 Å². The van der Waals surface area contributed by atoms with Crippen molar-refractivity contribution in [1.82, 2.24) is 0 Å². The molecule has 0 aliphatic heterocycles. The number of likely N-dealkylation sites (N-methyl/N-ethyl adjacent to an activating group) is 1. The zero-order valence-electron chi connectivity index (χ0n) is 43.6. The Balaban J connectivity index is 4.30. The summed E-state index contributed by atoms with van der Waals surface area (Å²) in [4.78, 5) is 37.4. The third-order valence-corrected chi connectivity index (χ3v) is 11.8. The SMILES string of the molecule is CC/C=C\C/C=C\C/C=C\C/C=C\CCCCCCCCCCC(=O)OC(COC(=O)CCCCCCCCCCCCCCCCCCCCCC)COC(OCC[N+](C)(C)C)C(=O)O. The van der Waals surface area contributed by atoms with E-state index in [1.807, 2.05) is 21.1 Å². The van der Waals surface area contributed by atoms with Gasteiger partial charge in [-0.2, -0.15) is 0 Å². The van der Waals surface area contributed by atoms with Crippen LogP contribution in [0.2, 0.25) is 0 Å². The molecule has 0 aliphatic carbocycles. The molecule has 0 rings (SSSR count). The largest absolute Gasteiger partial charge is 0.477 e. The first-order valence-corrected chi connectivity index (χ1v) is 27.3. The van der Waals surface area contributed by atoms with Gasteiger partial charge in [0.15, 0.2) is 6.10 Å². The van der Waals surface area contributed by atoms with Crippen LogP contribution in [0.15, 0.2) is 48.6 Å². The van der Waals surface area contributed by atoms with Crippen LogP contribution in [0.1, 0.15) is 239 Å². The number of quaternary nitrogens is 1. The third kappa shape index (κ3) is 49.2. The van der Waals surface area contributed by atoms with Gasteiger partial charge >= 0.3 is 17.9 Å². The fourth-order valence-corrected chi connectivity index (χ4v) is 7.65. The number of hydrogen-bond donors (Lipinski definition) is 1. The van der Waals surface area contributed by atoms with Crippen molar-refractivity contribution >= 4 is 17.9 Å². The lowest BCUT2D eigenvalue weighted by Crippen LogP contribution is -2.40. The van der Waals surface area contributed by atoms with E-state index in [1.165, 1.54) is 135 Å². The zero-order valence-corrected chi connectivity index (χ0v) is 43.6. The van der Waals surface area contributed by atoms with Gasteiger partial charge < -0.3 is 28.5 Å². The first-order valence-electron chi connectivity index (χ1n) is 27.3. The van der Waals surface area contributed by atoms with E-state index in [0.717, 1.165) is 70.6 Å². The van der Waals surface area contributed by atoms with Gasteiger partial charge in [0.05, 0.1) is 34.4 Å². The van der Waals surface area contributed by atoms with E-state index in [4.69, 9.17) is 18.9 Å². The molecule has 2 unspecified atom stereocenters. The van der Waals surface area contributed by atoms with Crippen LogP contribution in [-0.4, -0.2) is 87.4 Å². The highest BCUT2D eigenvalue weighted by atomic mass is 16.7. The fourth-order valence-electron chi connectivity index (χ4n) is 7.65. The Hall–Kier alpha value is -2.75. The van der Waals surface area contributed by atoms with Crippen molar-refractivity contribution in [2.45, 2.75) is 251 Å². The molecule has 0 spiro atoms. The number of carbonyl (C=O) groups is 3. The molecule has 0 aromatic carbocycles. The lowest BCUT2D eigenvalue weighted by atomic mass is 10.0. The minimum Gasteiger partial charge on any atom is -0.477 e. The summed E-state index contributed by atoms with van der Waals surface area (Å²) < 4.78 is 22.9. The van der Waals surface area contributed by atoms with Gasteiger partial charge in [-0.25, -0.2) is 4.79 Å². The molecule has 384 valence electrons. The van der Waals surface area contributed by atoms with Gasteiger partial charge in [-0.1, -0.05) is 223 Å². The van der Waals surface area contributed by atoms with E-state index >= 15 is 0 Å². The summed E-state index contributed by atoms with van der Waals surface area (Å²) in [7, 11) is 5.96. The highest BCUT2D eigenvalue weighted by Crippen LogP contribution is 2.16. The van der Waals surface area contributed by atoms with Gasteiger partial charge in [0.25, 0.3) is 6.29 Å². The number of allylic oxidation sites excluding steroid dienone is 8. The van der Waals surface area contributed by atoms with Crippen molar-refractivity contribution in [3.63, 3.8) is 0 Å². The van der Waals surface area contributed by atoms with Crippen LogP contribution >= 0.6 is 0 Å². The number of esters is 2. The number of ether oxygens (including phenoxy) is 4. The zero-order chi connectivity index (χ0) is 48.4. The average molecular weight is 931 g/mol. The Bertz CT molecular complexity index is 1220. The predicted octanol–water partition coefficient (Wildman–Crippen LogP) is 15.5. The van der Waals surface area contributed by atoms with Crippen LogP contribution < -0.4 is 0 Å². The van der Waals surface area contributed by atoms with Crippen molar-refractivity contribution in [2.75, 3.05) is 47.5 Å². The lowest BCUT2D eigenvalue weighted by Gasteiger charge is -2.25. The standard InChI is InChI=1S/C57H103NO8/c1-6-8-10-12-14-16-18-20-22-24-26-28-30-32-34-36-38-40-42-44-46-48-55(60)66-53(52-65-57(56(61)62)63-50-49-58(3,4)5)51-64-54(59)47-45-43-41-39-37-35-33-31-29-27-25-23-21-19-17-15-13-11-9-7-2/h8,10,14,16,20,22,26,28,53,57H,6-7,9,11-13,15,17-19,21,23-25,27,29-52H2,1-5H3/p+1/b10-8-,16-14-,22-20-,28-26-. The summed E-state index contributed by atoms with van der Waals surface area (Å²) in [5.74, 6) is -2.01. The normalized spacial score (nSPS) is 13.2. The summed E-state index contributed by atoms with van der Waals surface area (Å²) >= 11 is 0. The second-order valence-electron chi connectivity index (χ2n) is 19.5. The lowest BCUT2D eigenvalue weighted by molar-refractivity contribution is -0.870. The Morgan fingerprint density at radius 1 is 0.470 bits per heavy atom. The molecule has 0 bridgehead atoms. The number of nitrogens with zero attached hydrogens (tertiary/aromatic N) is 1. The molecule has 66 heavy (non-hydrogen) atoms. The second-order valence-corrected chi connectivity index (χ2v) is 19.5. The van der Waals surface area contributed by atoms with Gasteiger partial charge in [0.2, 0.25) is 0 Å². The molecular formula is C57H104NO8+. The number of carbonyl (C=O) groups excluding carboxylic acids is 2. The highest BCUT2D eigenvalue weighted by molar-refractivity contribution is 5.71. The van der Waals surface area contributed by atoms with Crippen LogP contribution in [0.25, 0.3) is 0 Å². The maximum Gasteiger partial charge on any atom is 0.361 e. The van der Waals surface area contributed by atoms with Crippen molar-refractivity contribution in [3.05, 3.63) is 48.6 Å². The van der Waals surface area contributed by atoms with E-state index in [0.29, 0.717) is 23.9 Å². The van der Waals surface area contributed by atoms with Crippen molar-refractivity contribution in [2.24, 2.45) is 0 Å². The Morgan fingerprint density at radius 3 is 1.29 bits per heavy atom. The number of unbranched alkanes of at least 4 members (excludes halogenated alkanes) is 27. The quantitative estimate of drug-likeness (QED) is 0.0211. The summed E-state index contributed by atoms with van der Waals surface area (Å²) in [6.45, 7) is 4.78. The van der Waals surface area contributed by atoms with E-state index in [1.54, 1.807) is 0 Å². The van der Waals surface area contributed by atoms with E-state index in [-0.39, 0.29) is 32.2 Å². The van der Waals surface area contributed by atoms with Gasteiger partial charge in [-0.15, -0.1) is 0 Å². The summed E-state index contributed by atoms with van der Waals surface area (Å²) in [6.07, 6.45) is 56.0. The van der Waals surface area contributed by atoms with Crippen LogP contribution in [-0.2, 0) is 33.3 Å². The van der Waals surface area contributed by atoms with Gasteiger partial charge in [-0.05, 0) is 51.4 Å². The van der Waals surface area contributed by atoms with Crippen LogP contribution in [0.5, 0.6) is 0 Å². The number of rotatable bonds is 50.